The van der Waals surface area contributed by atoms with Crippen molar-refractivity contribution in [3.8, 4) is 0 Å². The standard InChI is InChI=1S/C21H29F3N3O8PS3/c1-2-27(12-13-35-36(28,29)30)11-10-16(15-37-17-6-4-3-5-7-17)26-19-9-8-18(39(25,33)34)14-20(19)38(31,32)21(22,23)24/h3-9,14,16,26H,2,10-13,15H2,1H3,(H2,25,33,34)(H2,28,29,30). The quantitative estimate of drug-likeness (QED) is 0.167. The topological polar surface area (TPSA) is 176 Å². The molecule has 18 heteroatoms. The lowest BCUT2D eigenvalue weighted by Crippen LogP contribution is -2.34. The third-order valence-electron chi connectivity index (χ3n) is 5.34. The second-order valence-corrected chi connectivity index (χ2v) is 14.0. The van der Waals surface area contributed by atoms with Gasteiger partial charge in [-0.25, -0.2) is 26.5 Å². The highest BCUT2D eigenvalue weighted by molar-refractivity contribution is 7.99. The van der Waals surface area contributed by atoms with Crippen LogP contribution in [0.25, 0.3) is 0 Å². The van der Waals surface area contributed by atoms with Crippen molar-refractivity contribution in [2.75, 3.05) is 37.3 Å². The van der Waals surface area contributed by atoms with E-state index in [9.17, 15) is 34.6 Å². The molecule has 2 aromatic carbocycles. The van der Waals surface area contributed by atoms with E-state index in [0.717, 1.165) is 17.0 Å². The smallest absolute Gasteiger partial charge is 0.380 e. The zero-order valence-electron chi connectivity index (χ0n) is 20.6. The van der Waals surface area contributed by atoms with Gasteiger partial charge in [0.15, 0.2) is 0 Å². The van der Waals surface area contributed by atoms with Crippen molar-refractivity contribution in [2.24, 2.45) is 5.14 Å². The molecule has 1 atom stereocenters. The minimum atomic E-state index is -5.95. The summed E-state index contributed by atoms with van der Waals surface area (Å²) in [6.45, 7) is 2.44. The van der Waals surface area contributed by atoms with Crippen molar-refractivity contribution in [3.63, 3.8) is 0 Å². The van der Waals surface area contributed by atoms with Crippen LogP contribution in [0.5, 0.6) is 0 Å². The van der Waals surface area contributed by atoms with Crippen LogP contribution in [0.3, 0.4) is 0 Å². The van der Waals surface area contributed by atoms with Crippen LogP contribution >= 0.6 is 19.6 Å². The number of phosphoric acid groups is 1. The number of primary sulfonamides is 1. The van der Waals surface area contributed by atoms with E-state index < -0.39 is 54.7 Å². The number of anilines is 1. The summed E-state index contributed by atoms with van der Waals surface area (Å²) in [6, 6.07) is 10.6. The lowest BCUT2D eigenvalue weighted by atomic mass is 10.2. The molecule has 0 heterocycles. The molecule has 0 spiro atoms. The maximum Gasteiger partial charge on any atom is 0.501 e. The van der Waals surface area contributed by atoms with E-state index in [1.165, 1.54) is 11.8 Å². The zero-order chi connectivity index (χ0) is 29.5. The Labute approximate surface area is 229 Å². The molecule has 0 aliphatic carbocycles. The van der Waals surface area contributed by atoms with Crippen LogP contribution in [0.2, 0.25) is 0 Å². The SMILES string of the molecule is CCN(CCOP(=O)(O)O)CCC(CSc1ccccc1)Nc1ccc(S(N)(=O)=O)cc1S(=O)(=O)C(F)(F)F. The molecule has 0 bridgehead atoms. The number of nitrogens with one attached hydrogen (secondary N) is 1. The Kier molecular flexibility index (Phi) is 11.8. The predicted octanol–water partition coefficient (Wildman–Crippen LogP) is 3.02. The lowest BCUT2D eigenvalue weighted by Gasteiger charge is -2.26. The third kappa shape index (κ3) is 10.7. The van der Waals surface area contributed by atoms with Crippen LogP contribution in [-0.2, 0) is 28.9 Å². The zero-order valence-corrected chi connectivity index (χ0v) is 24.0. The molecule has 2 rings (SSSR count). The van der Waals surface area contributed by atoms with E-state index in [0.29, 0.717) is 19.2 Å². The number of hydrogen-bond donors (Lipinski definition) is 4. The highest BCUT2D eigenvalue weighted by atomic mass is 32.2. The molecule has 220 valence electrons. The number of benzene rings is 2. The van der Waals surface area contributed by atoms with E-state index in [-0.39, 0.29) is 25.3 Å². The number of rotatable bonds is 15. The highest BCUT2D eigenvalue weighted by Gasteiger charge is 2.48. The van der Waals surface area contributed by atoms with Crippen molar-refractivity contribution in [1.82, 2.24) is 4.90 Å². The first-order valence-corrected chi connectivity index (χ1v) is 16.8. The maximum atomic E-state index is 13.5. The molecular formula is C21H29F3N3O8PS3. The average molecular weight is 636 g/mol. The van der Waals surface area contributed by atoms with E-state index in [4.69, 9.17) is 14.9 Å². The minimum absolute atomic E-state index is 0.150. The number of sulfone groups is 1. The molecule has 0 fully saturated rings. The Hall–Kier alpha value is -1.69. The molecule has 0 aromatic heterocycles. The van der Waals surface area contributed by atoms with Gasteiger partial charge in [0.25, 0.3) is 9.84 Å². The van der Waals surface area contributed by atoms with Crippen LogP contribution in [0, 0.1) is 0 Å². The van der Waals surface area contributed by atoms with Gasteiger partial charge in [-0.2, -0.15) is 13.2 Å². The summed E-state index contributed by atoms with van der Waals surface area (Å²) in [5.74, 6) is 0.281. The van der Waals surface area contributed by atoms with Gasteiger partial charge in [-0.15, -0.1) is 11.8 Å². The van der Waals surface area contributed by atoms with Gasteiger partial charge in [-0.3, -0.25) is 4.52 Å². The fourth-order valence-corrected chi connectivity index (χ4v) is 6.21. The van der Waals surface area contributed by atoms with Crippen molar-refractivity contribution >= 4 is 45.1 Å². The molecule has 0 saturated carbocycles. The van der Waals surface area contributed by atoms with Crippen LogP contribution in [0.4, 0.5) is 18.9 Å². The van der Waals surface area contributed by atoms with E-state index >= 15 is 0 Å². The summed E-state index contributed by atoms with van der Waals surface area (Å²) in [5.41, 5.74) is -6.15. The molecule has 39 heavy (non-hydrogen) atoms. The molecule has 11 nitrogen and oxygen atoms in total. The van der Waals surface area contributed by atoms with Crippen molar-refractivity contribution in [1.29, 1.82) is 0 Å². The Morgan fingerprint density at radius 1 is 1.10 bits per heavy atom. The van der Waals surface area contributed by atoms with Gasteiger partial charge in [-0.1, -0.05) is 25.1 Å². The highest BCUT2D eigenvalue weighted by Crippen LogP contribution is 2.37. The van der Waals surface area contributed by atoms with Crippen LogP contribution < -0.4 is 10.5 Å². The first-order valence-electron chi connectivity index (χ1n) is 11.3. The molecular weight excluding hydrogens is 606 g/mol. The summed E-state index contributed by atoms with van der Waals surface area (Å²) < 4.78 is 104. The monoisotopic (exact) mass is 635 g/mol. The second-order valence-electron chi connectivity index (χ2n) is 8.16. The van der Waals surface area contributed by atoms with Crippen molar-refractivity contribution < 1.29 is 48.9 Å². The fourth-order valence-electron chi connectivity index (χ4n) is 3.33. The average Bonchev–Trinajstić information content (AvgIpc) is 2.83. The first-order chi connectivity index (χ1) is 17.9. The molecule has 0 radical (unpaired) electrons. The molecule has 0 amide bonds. The predicted molar refractivity (Wildman–Crippen MR) is 140 cm³/mol. The molecule has 1 unspecified atom stereocenters. The summed E-state index contributed by atoms with van der Waals surface area (Å²) in [5, 5.41) is 7.83. The Morgan fingerprint density at radius 3 is 2.28 bits per heavy atom. The largest absolute Gasteiger partial charge is 0.501 e. The van der Waals surface area contributed by atoms with Gasteiger partial charge in [0.05, 0.1) is 17.2 Å². The van der Waals surface area contributed by atoms with Gasteiger partial charge in [0.2, 0.25) is 10.0 Å². The summed E-state index contributed by atoms with van der Waals surface area (Å²) >= 11 is 1.36. The normalized spacial score (nSPS) is 13.9. The summed E-state index contributed by atoms with van der Waals surface area (Å²) in [7, 11) is -15.1. The summed E-state index contributed by atoms with van der Waals surface area (Å²) in [4.78, 5) is 18.3. The van der Waals surface area contributed by atoms with Gasteiger partial charge < -0.3 is 20.0 Å². The molecule has 0 aliphatic heterocycles. The van der Waals surface area contributed by atoms with E-state index in [2.05, 4.69) is 9.84 Å². The molecule has 5 N–H and O–H groups in total. The third-order valence-corrected chi connectivity index (χ3v) is 9.47. The Bertz CT molecular complexity index is 1360. The molecule has 0 aliphatic rings. The van der Waals surface area contributed by atoms with Crippen LogP contribution in [0.1, 0.15) is 13.3 Å². The number of halogens is 3. The number of nitrogens with two attached hydrogens (primary N) is 1. The summed E-state index contributed by atoms with van der Waals surface area (Å²) in [6.07, 6.45) is 0.270. The van der Waals surface area contributed by atoms with Gasteiger partial charge in [0.1, 0.15) is 4.90 Å². The van der Waals surface area contributed by atoms with E-state index in [1.54, 1.807) is 30.0 Å². The number of hydrogen-bond acceptors (Lipinski definition) is 9. The van der Waals surface area contributed by atoms with Gasteiger partial charge >= 0.3 is 13.3 Å². The number of likely N-dealkylation sites (N-methyl/N-ethyl adjacent to an activating group) is 1. The number of sulfonamides is 1. The van der Waals surface area contributed by atoms with Crippen LogP contribution in [-0.4, -0.2) is 75.1 Å². The number of phosphoric ester groups is 1. The maximum absolute atomic E-state index is 13.5. The molecule has 0 saturated heterocycles. The Balaban J connectivity index is 2.36. The second kappa shape index (κ2) is 13.8. The van der Waals surface area contributed by atoms with Crippen LogP contribution in [0.15, 0.2) is 63.2 Å². The van der Waals surface area contributed by atoms with Crippen molar-refractivity contribution in [3.05, 3.63) is 48.5 Å². The number of nitrogens with zero attached hydrogens (tertiary/aromatic N) is 1. The van der Waals surface area contributed by atoms with Gasteiger partial charge in [0, 0.05) is 29.8 Å². The van der Waals surface area contributed by atoms with Gasteiger partial charge in [-0.05, 0) is 43.3 Å². The minimum Gasteiger partial charge on any atom is -0.380 e. The lowest BCUT2D eigenvalue weighted by molar-refractivity contribution is -0.0435. The number of alkyl halides is 3. The van der Waals surface area contributed by atoms with Crippen molar-refractivity contribution in [2.45, 2.75) is 39.6 Å². The molecule has 2 aromatic rings. The Morgan fingerprint density at radius 2 is 1.74 bits per heavy atom. The van der Waals surface area contributed by atoms with E-state index in [1.807, 2.05) is 12.1 Å². The first kappa shape index (κ1) is 33.5. The number of thioether (sulfide) groups is 1. The fraction of sp³-hybridized carbons (Fsp3) is 0.429.